The van der Waals surface area contributed by atoms with Crippen molar-refractivity contribution in [2.75, 3.05) is 11.5 Å². The molecule has 1 heterocycles. The third-order valence-electron chi connectivity index (χ3n) is 2.01. The molecule has 0 saturated carbocycles. The van der Waals surface area contributed by atoms with E-state index >= 15 is 0 Å². The summed E-state index contributed by atoms with van der Waals surface area (Å²) in [4.78, 5) is 0. The van der Waals surface area contributed by atoms with Gasteiger partial charge in [0.1, 0.15) is 0 Å². The molecule has 0 amide bonds. The molecule has 1 aliphatic rings. The minimum Gasteiger partial charge on any atom is -0.260 e. The van der Waals surface area contributed by atoms with Crippen LogP contribution in [-0.2, 0) is 10.8 Å². The highest BCUT2D eigenvalue weighted by atomic mass is 32.2. The smallest absolute Gasteiger partial charge is 0.0491 e. The van der Waals surface area contributed by atoms with Crippen LogP contribution in [0.25, 0.3) is 0 Å². The molecule has 1 aliphatic heterocycles. The zero-order valence-electron chi connectivity index (χ0n) is 6.14. The van der Waals surface area contributed by atoms with Crippen molar-refractivity contribution in [3.8, 4) is 0 Å². The first-order valence-corrected chi connectivity index (χ1v) is 8.35. The molecule has 54 valence electrons. The molecule has 1 rings (SSSR count). The van der Waals surface area contributed by atoms with Crippen LogP contribution in [0.4, 0.5) is 0 Å². The van der Waals surface area contributed by atoms with E-state index in [2.05, 4.69) is 13.1 Å². The van der Waals surface area contributed by atoms with Crippen molar-refractivity contribution in [1.82, 2.24) is 0 Å². The van der Waals surface area contributed by atoms with Crippen LogP contribution < -0.4 is 0 Å². The number of hydrogen-bond donors (Lipinski definition) is 0. The summed E-state index contributed by atoms with van der Waals surface area (Å²) in [5, 5.41) is 0. The van der Waals surface area contributed by atoms with Crippen molar-refractivity contribution in [2.45, 2.75) is 25.2 Å². The Hall–Kier alpha value is 0.367. The maximum atomic E-state index is 10.9. The van der Waals surface area contributed by atoms with Gasteiger partial charge in [-0.3, -0.25) is 4.21 Å². The second kappa shape index (κ2) is 2.54. The maximum Gasteiger partial charge on any atom is 0.0491 e. The largest absolute Gasteiger partial charge is 0.260 e. The Balaban J connectivity index is 2.44. The van der Waals surface area contributed by atoms with Gasteiger partial charge in [-0.2, -0.15) is 0 Å². The van der Waals surface area contributed by atoms with Crippen LogP contribution in [0.15, 0.2) is 0 Å². The highest BCUT2D eigenvalue weighted by molar-refractivity contribution is 7.85. The monoisotopic (exact) mass is 162 g/mol. The molecule has 3 heteroatoms. The van der Waals surface area contributed by atoms with Crippen molar-refractivity contribution in [2.24, 2.45) is 0 Å². The van der Waals surface area contributed by atoms with Gasteiger partial charge in [-0.05, 0) is 12.1 Å². The van der Waals surface area contributed by atoms with Crippen molar-refractivity contribution < 1.29 is 4.21 Å². The zero-order chi connectivity index (χ0) is 6.91. The van der Waals surface area contributed by atoms with Crippen LogP contribution in [-0.4, -0.2) is 23.8 Å². The topological polar surface area (TPSA) is 17.1 Å². The Labute approximate surface area is 60.3 Å². The van der Waals surface area contributed by atoms with Gasteiger partial charge in [0.25, 0.3) is 0 Å². The SMILES string of the molecule is C[Si]1(C)CCS(=O)CC1. The second-order valence-corrected chi connectivity index (χ2v) is 10.5. The van der Waals surface area contributed by atoms with Gasteiger partial charge in [-0.15, -0.1) is 0 Å². The first-order valence-electron chi connectivity index (χ1n) is 3.45. The minimum atomic E-state index is -0.825. The molecule has 0 aromatic rings. The van der Waals surface area contributed by atoms with E-state index < -0.39 is 18.9 Å². The van der Waals surface area contributed by atoms with Gasteiger partial charge in [-0.25, -0.2) is 0 Å². The Morgan fingerprint density at radius 2 is 1.67 bits per heavy atom. The molecule has 0 aliphatic carbocycles. The first-order chi connectivity index (χ1) is 4.10. The predicted molar refractivity (Wildman–Crippen MR) is 45.0 cm³/mol. The van der Waals surface area contributed by atoms with Gasteiger partial charge in [0, 0.05) is 30.4 Å². The fourth-order valence-electron chi connectivity index (χ4n) is 1.01. The zero-order valence-corrected chi connectivity index (χ0v) is 7.96. The molecule has 0 aromatic heterocycles. The molecule has 0 bridgehead atoms. The summed E-state index contributed by atoms with van der Waals surface area (Å²) in [7, 11) is -1.28. The highest BCUT2D eigenvalue weighted by Crippen LogP contribution is 2.20. The van der Waals surface area contributed by atoms with Gasteiger partial charge in [0.15, 0.2) is 0 Å². The lowest BCUT2D eigenvalue weighted by atomic mass is 10.9. The van der Waals surface area contributed by atoms with Crippen molar-refractivity contribution in [1.29, 1.82) is 0 Å². The standard InChI is InChI=1S/C6H14OSSi/c1-9(2)5-3-8(7)4-6-9/h3-6H2,1-2H3. The van der Waals surface area contributed by atoms with Crippen molar-refractivity contribution in [3.63, 3.8) is 0 Å². The summed E-state index contributed by atoms with van der Waals surface area (Å²) in [5.41, 5.74) is 0. The molecular weight excluding hydrogens is 148 g/mol. The van der Waals surface area contributed by atoms with E-state index in [1.54, 1.807) is 0 Å². The quantitative estimate of drug-likeness (QED) is 0.493. The van der Waals surface area contributed by atoms with Crippen LogP contribution in [0.1, 0.15) is 0 Å². The van der Waals surface area contributed by atoms with Gasteiger partial charge in [-0.1, -0.05) is 13.1 Å². The Bertz CT molecular complexity index is 121. The van der Waals surface area contributed by atoms with E-state index in [1.165, 1.54) is 12.1 Å². The van der Waals surface area contributed by atoms with E-state index in [1.807, 2.05) is 0 Å². The molecule has 0 unspecified atom stereocenters. The fraction of sp³-hybridized carbons (Fsp3) is 1.00. The van der Waals surface area contributed by atoms with Crippen LogP contribution in [0.3, 0.4) is 0 Å². The van der Waals surface area contributed by atoms with Gasteiger partial charge < -0.3 is 0 Å². The minimum absolute atomic E-state index is 0.452. The lowest BCUT2D eigenvalue weighted by Crippen LogP contribution is -2.34. The molecule has 0 aromatic carbocycles. The highest BCUT2D eigenvalue weighted by Gasteiger charge is 2.26. The lowest BCUT2D eigenvalue weighted by Gasteiger charge is -2.26. The molecule has 9 heavy (non-hydrogen) atoms. The van der Waals surface area contributed by atoms with E-state index in [0.29, 0.717) is 0 Å². The van der Waals surface area contributed by atoms with E-state index in [0.717, 1.165) is 11.5 Å². The van der Waals surface area contributed by atoms with E-state index in [-0.39, 0.29) is 0 Å². The maximum absolute atomic E-state index is 10.9. The molecule has 1 saturated heterocycles. The summed E-state index contributed by atoms with van der Waals surface area (Å²) in [6.07, 6.45) is 0. The van der Waals surface area contributed by atoms with Crippen LogP contribution in [0.2, 0.25) is 25.2 Å². The van der Waals surface area contributed by atoms with E-state index in [9.17, 15) is 4.21 Å². The number of rotatable bonds is 0. The Morgan fingerprint density at radius 3 is 2.00 bits per heavy atom. The molecule has 0 atom stereocenters. The fourth-order valence-corrected chi connectivity index (χ4v) is 7.70. The van der Waals surface area contributed by atoms with E-state index in [4.69, 9.17) is 0 Å². The summed E-state index contributed by atoms with van der Waals surface area (Å²) >= 11 is 0. The molecule has 0 N–H and O–H groups in total. The van der Waals surface area contributed by atoms with Gasteiger partial charge >= 0.3 is 0 Å². The van der Waals surface area contributed by atoms with Crippen LogP contribution in [0.5, 0.6) is 0 Å². The first kappa shape index (κ1) is 7.47. The summed E-state index contributed by atoms with van der Waals surface area (Å²) in [5.74, 6) is 1.97. The lowest BCUT2D eigenvalue weighted by molar-refractivity contribution is 0.683. The third-order valence-corrected chi connectivity index (χ3v) is 7.26. The van der Waals surface area contributed by atoms with Crippen molar-refractivity contribution in [3.05, 3.63) is 0 Å². The average Bonchev–Trinajstić information content (AvgIpc) is 1.78. The van der Waals surface area contributed by atoms with Crippen molar-refractivity contribution >= 4 is 18.9 Å². The third kappa shape index (κ3) is 2.22. The molecule has 1 fully saturated rings. The predicted octanol–water partition coefficient (Wildman–Crippen LogP) is 1.46. The Morgan fingerprint density at radius 1 is 1.22 bits per heavy atom. The summed E-state index contributed by atoms with van der Waals surface area (Å²) < 4.78 is 10.9. The van der Waals surface area contributed by atoms with Crippen LogP contribution in [0, 0.1) is 0 Å². The molecule has 1 nitrogen and oxygen atoms in total. The normalized spacial score (nSPS) is 28.2. The summed E-state index contributed by atoms with van der Waals surface area (Å²) in [6.45, 7) is 4.78. The Kier molecular flexibility index (Phi) is 2.11. The van der Waals surface area contributed by atoms with Gasteiger partial charge in [0.05, 0.1) is 0 Å². The average molecular weight is 162 g/mol. The molecular formula is C6H14OSSi. The second-order valence-electron chi connectivity index (χ2n) is 3.51. The van der Waals surface area contributed by atoms with Gasteiger partial charge in [0.2, 0.25) is 0 Å². The summed E-state index contributed by atoms with van der Waals surface area (Å²) in [6, 6.07) is 2.55. The molecule has 0 radical (unpaired) electrons. The number of hydrogen-bond acceptors (Lipinski definition) is 1. The van der Waals surface area contributed by atoms with Crippen LogP contribution >= 0.6 is 0 Å². The molecule has 0 spiro atoms.